The van der Waals surface area contributed by atoms with Crippen molar-refractivity contribution in [2.45, 2.75) is 45.1 Å². The van der Waals surface area contributed by atoms with Crippen molar-refractivity contribution in [3.05, 3.63) is 47.4 Å². The van der Waals surface area contributed by atoms with Crippen LogP contribution < -0.4 is 9.80 Å². The summed E-state index contributed by atoms with van der Waals surface area (Å²) in [7, 11) is 2.01. The number of benzene rings is 1. The van der Waals surface area contributed by atoms with E-state index < -0.39 is 0 Å². The van der Waals surface area contributed by atoms with Crippen molar-refractivity contribution in [1.82, 2.24) is 9.97 Å². The van der Waals surface area contributed by atoms with Crippen molar-refractivity contribution < 1.29 is 4.79 Å². The van der Waals surface area contributed by atoms with Gasteiger partial charge in [-0.2, -0.15) is 0 Å². The van der Waals surface area contributed by atoms with Crippen LogP contribution in [0.1, 0.15) is 36.3 Å². The lowest BCUT2D eigenvalue weighted by atomic mass is 9.95. The summed E-state index contributed by atoms with van der Waals surface area (Å²) in [4.78, 5) is 26.3. The Hall–Kier alpha value is -2.43. The number of fused-ring (bicyclic) bond motifs is 1. The number of nitrogens with zero attached hydrogens (tertiary/aromatic N) is 4. The number of aryl methyl sites for hydroxylation is 2. The first-order valence-electron chi connectivity index (χ1n) is 9.11. The molecular weight excluding hydrogens is 312 g/mol. The first-order chi connectivity index (χ1) is 12.1. The topological polar surface area (TPSA) is 49.3 Å². The van der Waals surface area contributed by atoms with E-state index in [1.54, 1.807) is 0 Å². The number of carbonyl (C=O) groups excluding carboxylic acids is 1. The first kappa shape index (κ1) is 16.1. The molecule has 0 N–H and O–H groups in total. The molecule has 5 heteroatoms. The third-order valence-corrected chi connectivity index (χ3v) is 5.32. The van der Waals surface area contributed by atoms with E-state index in [-0.39, 0.29) is 11.9 Å². The summed E-state index contributed by atoms with van der Waals surface area (Å²) >= 11 is 0. The summed E-state index contributed by atoms with van der Waals surface area (Å²) in [6.07, 6.45) is 5.22. The zero-order chi connectivity index (χ0) is 17.4. The van der Waals surface area contributed by atoms with Crippen molar-refractivity contribution >= 4 is 17.4 Å². The second kappa shape index (κ2) is 6.47. The number of amides is 1. The second-order valence-corrected chi connectivity index (χ2v) is 6.97. The summed E-state index contributed by atoms with van der Waals surface area (Å²) in [5, 5.41) is 0. The molecule has 1 atom stereocenters. The maximum Gasteiger partial charge on any atom is 0.249 e. The molecule has 1 aromatic heterocycles. The highest BCUT2D eigenvalue weighted by Crippen LogP contribution is 2.31. The lowest BCUT2D eigenvalue weighted by Gasteiger charge is -2.29. The predicted molar refractivity (Wildman–Crippen MR) is 99.0 cm³/mol. The highest BCUT2D eigenvalue weighted by atomic mass is 16.2. The molecule has 0 bridgehead atoms. The molecule has 1 saturated heterocycles. The standard InChI is InChI=1S/C20H24N4O/c1-14-21-17-11-7-6-10-16(17)19(22-14)23(2)18-12-13-24(20(18)25)15-8-4-3-5-9-15/h3-5,8-9,18H,6-7,10-13H2,1-2H3. The summed E-state index contributed by atoms with van der Waals surface area (Å²) < 4.78 is 0. The van der Waals surface area contributed by atoms with Gasteiger partial charge in [-0.05, 0) is 51.2 Å². The fourth-order valence-electron chi connectivity index (χ4n) is 4.02. The third kappa shape index (κ3) is 2.88. The maximum absolute atomic E-state index is 13.0. The maximum atomic E-state index is 13.0. The van der Waals surface area contributed by atoms with E-state index in [4.69, 9.17) is 4.98 Å². The molecule has 5 nitrogen and oxygen atoms in total. The fraction of sp³-hybridized carbons (Fsp3) is 0.450. The molecule has 2 aromatic rings. The number of carbonyl (C=O) groups is 1. The molecule has 1 aromatic carbocycles. The SMILES string of the molecule is Cc1nc2c(c(N(C)C3CCN(c4ccccc4)C3=O)n1)CCCC2. The zero-order valence-corrected chi connectivity index (χ0v) is 14.9. The summed E-state index contributed by atoms with van der Waals surface area (Å²) in [6, 6.07) is 9.77. The Morgan fingerprint density at radius 2 is 1.88 bits per heavy atom. The molecule has 1 aliphatic carbocycles. The average molecular weight is 336 g/mol. The Morgan fingerprint density at radius 1 is 1.12 bits per heavy atom. The molecule has 25 heavy (non-hydrogen) atoms. The molecule has 0 saturated carbocycles. The molecule has 1 fully saturated rings. The van der Waals surface area contributed by atoms with Crippen LogP contribution in [0.4, 0.5) is 11.5 Å². The van der Waals surface area contributed by atoms with Crippen molar-refractivity contribution in [1.29, 1.82) is 0 Å². The van der Waals surface area contributed by atoms with E-state index in [2.05, 4.69) is 9.88 Å². The Labute approximate surface area is 148 Å². The van der Waals surface area contributed by atoms with E-state index in [1.165, 1.54) is 24.1 Å². The first-order valence-corrected chi connectivity index (χ1v) is 9.11. The minimum Gasteiger partial charge on any atom is -0.347 e. The van der Waals surface area contributed by atoms with Crippen molar-refractivity contribution in [3.63, 3.8) is 0 Å². The Balaban J connectivity index is 1.63. The van der Waals surface area contributed by atoms with E-state index >= 15 is 0 Å². The molecule has 130 valence electrons. The highest BCUT2D eigenvalue weighted by Gasteiger charge is 2.37. The lowest BCUT2D eigenvalue weighted by molar-refractivity contribution is -0.118. The predicted octanol–water partition coefficient (Wildman–Crippen LogP) is 2.91. The molecule has 0 radical (unpaired) electrons. The van der Waals surface area contributed by atoms with Gasteiger partial charge in [0.05, 0.1) is 0 Å². The minimum atomic E-state index is -0.152. The van der Waals surface area contributed by atoms with Gasteiger partial charge in [0.2, 0.25) is 5.91 Å². The molecule has 2 aliphatic rings. The van der Waals surface area contributed by atoms with Crippen molar-refractivity contribution in [2.24, 2.45) is 0 Å². The van der Waals surface area contributed by atoms with Gasteiger partial charge < -0.3 is 9.80 Å². The lowest BCUT2D eigenvalue weighted by Crippen LogP contribution is -2.41. The number of hydrogen-bond donors (Lipinski definition) is 0. The van der Waals surface area contributed by atoms with Crippen LogP contribution in [0.2, 0.25) is 0 Å². The van der Waals surface area contributed by atoms with E-state index in [0.717, 1.165) is 43.1 Å². The molecule has 1 aliphatic heterocycles. The number of para-hydroxylation sites is 1. The number of hydrogen-bond acceptors (Lipinski definition) is 4. The average Bonchev–Trinajstić information content (AvgIpc) is 3.02. The van der Waals surface area contributed by atoms with Crippen LogP contribution in [0.5, 0.6) is 0 Å². The van der Waals surface area contributed by atoms with E-state index in [0.29, 0.717) is 0 Å². The third-order valence-electron chi connectivity index (χ3n) is 5.32. The van der Waals surface area contributed by atoms with Gasteiger partial charge in [0, 0.05) is 30.5 Å². The van der Waals surface area contributed by atoms with E-state index in [9.17, 15) is 4.79 Å². The zero-order valence-electron chi connectivity index (χ0n) is 14.9. The van der Waals surface area contributed by atoms with Crippen molar-refractivity contribution in [2.75, 3.05) is 23.4 Å². The van der Waals surface area contributed by atoms with Gasteiger partial charge in [0.25, 0.3) is 0 Å². The Bertz CT molecular complexity index is 790. The smallest absolute Gasteiger partial charge is 0.249 e. The molecule has 1 amide bonds. The van der Waals surface area contributed by atoms with Crippen LogP contribution in [0.15, 0.2) is 30.3 Å². The normalized spacial score (nSPS) is 19.8. The summed E-state index contributed by atoms with van der Waals surface area (Å²) in [5.41, 5.74) is 3.39. The molecule has 1 unspecified atom stereocenters. The number of aromatic nitrogens is 2. The second-order valence-electron chi connectivity index (χ2n) is 6.97. The van der Waals surface area contributed by atoms with Crippen molar-refractivity contribution in [3.8, 4) is 0 Å². The van der Waals surface area contributed by atoms with Gasteiger partial charge in [-0.1, -0.05) is 18.2 Å². The van der Waals surface area contributed by atoms with Crippen LogP contribution in [0.3, 0.4) is 0 Å². The number of rotatable bonds is 3. The van der Waals surface area contributed by atoms with Gasteiger partial charge in [0.1, 0.15) is 17.7 Å². The molecular formula is C20H24N4O. The number of likely N-dealkylation sites (N-methyl/N-ethyl adjacent to an activating group) is 1. The molecule has 4 rings (SSSR count). The van der Waals surface area contributed by atoms with Gasteiger partial charge in [-0.3, -0.25) is 4.79 Å². The van der Waals surface area contributed by atoms with E-state index in [1.807, 2.05) is 49.2 Å². The largest absolute Gasteiger partial charge is 0.347 e. The van der Waals surface area contributed by atoms with Gasteiger partial charge >= 0.3 is 0 Å². The molecule has 2 heterocycles. The van der Waals surface area contributed by atoms with Crippen LogP contribution in [-0.2, 0) is 17.6 Å². The van der Waals surface area contributed by atoms with Crippen LogP contribution >= 0.6 is 0 Å². The minimum absolute atomic E-state index is 0.152. The van der Waals surface area contributed by atoms with Gasteiger partial charge in [0.15, 0.2) is 0 Å². The molecule has 0 spiro atoms. The number of anilines is 2. The van der Waals surface area contributed by atoms with Crippen LogP contribution in [0, 0.1) is 6.92 Å². The fourth-order valence-corrected chi connectivity index (χ4v) is 4.02. The van der Waals surface area contributed by atoms with Gasteiger partial charge in [-0.25, -0.2) is 9.97 Å². The summed E-state index contributed by atoms with van der Waals surface area (Å²) in [6.45, 7) is 2.70. The summed E-state index contributed by atoms with van der Waals surface area (Å²) in [5.74, 6) is 1.91. The monoisotopic (exact) mass is 336 g/mol. The van der Waals surface area contributed by atoms with Gasteiger partial charge in [-0.15, -0.1) is 0 Å². The Morgan fingerprint density at radius 3 is 2.68 bits per heavy atom. The van der Waals surface area contributed by atoms with Crippen LogP contribution in [-0.4, -0.2) is 35.5 Å². The highest BCUT2D eigenvalue weighted by molar-refractivity contribution is 6.01. The quantitative estimate of drug-likeness (QED) is 0.865. The van der Waals surface area contributed by atoms with Crippen LogP contribution in [0.25, 0.3) is 0 Å². The Kier molecular flexibility index (Phi) is 4.15.